The molecule has 0 aromatic heterocycles. The quantitative estimate of drug-likeness (QED) is 0.650. The zero-order chi connectivity index (χ0) is 8.85. The van der Waals surface area contributed by atoms with Gasteiger partial charge in [0, 0.05) is 0 Å². The van der Waals surface area contributed by atoms with E-state index in [-0.39, 0.29) is 11.2 Å². The van der Waals surface area contributed by atoms with Crippen LogP contribution in [0.3, 0.4) is 0 Å². The van der Waals surface area contributed by atoms with E-state index in [1.165, 1.54) is 11.8 Å². The average Bonchev–Trinajstić information content (AvgIpc) is 1.86. The molecule has 1 atom stereocenters. The molecule has 4 nitrogen and oxygen atoms in total. The first-order chi connectivity index (χ1) is 5.07. The number of carbonyl (C=O) groups is 2. The highest BCUT2D eigenvalue weighted by atomic mass is 32.2. The summed E-state index contributed by atoms with van der Waals surface area (Å²) >= 11 is 1.46. The second-order valence-corrected chi connectivity index (χ2v) is 3.57. The summed E-state index contributed by atoms with van der Waals surface area (Å²) < 4.78 is 0. The molecule has 0 aliphatic rings. The summed E-state index contributed by atoms with van der Waals surface area (Å²) in [6.07, 6.45) is 0. The maximum Gasteiger partial charge on any atom is 0.318 e. The Labute approximate surface area is 69.9 Å². The predicted octanol–water partition coefficient (Wildman–Crippen LogP) is 0.323. The minimum absolute atomic E-state index is 0.215. The highest BCUT2D eigenvalue weighted by Crippen LogP contribution is 2.08. The highest BCUT2D eigenvalue weighted by Gasteiger charge is 2.12. The normalized spacial score (nSPS) is 12.2. The summed E-state index contributed by atoms with van der Waals surface area (Å²) in [7, 11) is 0. The zero-order valence-corrected chi connectivity index (χ0v) is 7.40. The Hall–Kier alpha value is -0.710. The van der Waals surface area contributed by atoms with Crippen LogP contribution in [0.2, 0.25) is 0 Å². The standard InChI is InChI=1S/C6H12N2O2S/c1-3-11-4(2)5(9)8-6(7)10/h4H,3H2,1-2H3,(H3,7,8,9,10). The van der Waals surface area contributed by atoms with Crippen LogP contribution in [-0.4, -0.2) is 22.9 Å². The molecule has 0 fully saturated rings. The van der Waals surface area contributed by atoms with E-state index in [2.05, 4.69) is 0 Å². The molecule has 11 heavy (non-hydrogen) atoms. The summed E-state index contributed by atoms with van der Waals surface area (Å²) in [4.78, 5) is 21.1. The Morgan fingerprint density at radius 1 is 1.64 bits per heavy atom. The van der Waals surface area contributed by atoms with Crippen molar-refractivity contribution in [3.05, 3.63) is 0 Å². The first-order valence-corrected chi connectivity index (χ1v) is 4.34. The minimum atomic E-state index is -0.793. The Kier molecular flexibility index (Phi) is 4.69. The lowest BCUT2D eigenvalue weighted by Crippen LogP contribution is -2.39. The van der Waals surface area contributed by atoms with Gasteiger partial charge in [-0.2, -0.15) is 0 Å². The van der Waals surface area contributed by atoms with Crippen LogP contribution in [0.5, 0.6) is 0 Å². The molecule has 3 amide bonds. The Morgan fingerprint density at radius 2 is 2.18 bits per heavy atom. The van der Waals surface area contributed by atoms with Gasteiger partial charge in [-0.15, -0.1) is 11.8 Å². The number of imide groups is 1. The number of urea groups is 1. The van der Waals surface area contributed by atoms with E-state index in [9.17, 15) is 9.59 Å². The van der Waals surface area contributed by atoms with Gasteiger partial charge in [0.15, 0.2) is 0 Å². The summed E-state index contributed by atoms with van der Waals surface area (Å²) in [6.45, 7) is 3.67. The molecule has 1 unspecified atom stereocenters. The van der Waals surface area contributed by atoms with Gasteiger partial charge in [-0.3, -0.25) is 10.1 Å². The molecular weight excluding hydrogens is 164 g/mol. The van der Waals surface area contributed by atoms with Crippen LogP contribution >= 0.6 is 11.8 Å². The van der Waals surface area contributed by atoms with E-state index in [0.717, 1.165) is 5.75 Å². The van der Waals surface area contributed by atoms with E-state index < -0.39 is 6.03 Å². The van der Waals surface area contributed by atoms with Crippen molar-refractivity contribution in [2.24, 2.45) is 5.73 Å². The molecule has 64 valence electrons. The molecule has 3 N–H and O–H groups in total. The van der Waals surface area contributed by atoms with Gasteiger partial charge in [0.05, 0.1) is 5.25 Å². The van der Waals surface area contributed by atoms with Crippen molar-refractivity contribution in [3.63, 3.8) is 0 Å². The molecule has 0 rings (SSSR count). The third-order valence-electron chi connectivity index (χ3n) is 1.03. The van der Waals surface area contributed by atoms with Crippen LogP contribution in [-0.2, 0) is 4.79 Å². The largest absolute Gasteiger partial charge is 0.351 e. The molecule has 0 heterocycles. The SMILES string of the molecule is CCSC(C)C(=O)NC(N)=O. The van der Waals surface area contributed by atoms with Crippen molar-refractivity contribution in [1.29, 1.82) is 0 Å². The van der Waals surface area contributed by atoms with Gasteiger partial charge in [0.2, 0.25) is 5.91 Å². The molecule has 0 aromatic rings. The molecule has 0 aliphatic heterocycles. The number of carbonyl (C=O) groups excluding carboxylic acids is 2. The molecule has 0 saturated heterocycles. The topological polar surface area (TPSA) is 72.2 Å². The smallest absolute Gasteiger partial charge is 0.318 e. The number of rotatable bonds is 3. The van der Waals surface area contributed by atoms with Crippen LogP contribution in [0.25, 0.3) is 0 Å². The van der Waals surface area contributed by atoms with E-state index in [1.54, 1.807) is 6.92 Å². The Bertz CT molecular complexity index is 161. The van der Waals surface area contributed by atoms with Crippen molar-refractivity contribution in [3.8, 4) is 0 Å². The number of amides is 3. The summed E-state index contributed by atoms with van der Waals surface area (Å²) in [5.41, 5.74) is 4.75. The van der Waals surface area contributed by atoms with Crippen LogP contribution in [0.15, 0.2) is 0 Å². The van der Waals surface area contributed by atoms with Gasteiger partial charge in [-0.25, -0.2) is 4.79 Å². The first-order valence-electron chi connectivity index (χ1n) is 3.29. The van der Waals surface area contributed by atoms with Crippen molar-refractivity contribution in [1.82, 2.24) is 5.32 Å². The fourth-order valence-electron chi connectivity index (χ4n) is 0.549. The average molecular weight is 176 g/mol. The van der Waals surface area contributed by atoms with Gasteiger partial charge in [-0.1, -0.05) is 6.92 Å². The second-order valence-electron chi connectivity index (χ2n) is 1.95. The maximum atomic E-state index is 10.9. The summed E-state index contributed by atoms with van der Waals surface area (Å²) in [5.74, 6) is 0.511. The van der Waals surface area contributed by atoms with Crippen LogP contribution in [0.4, 0.5) is 4.79 Å². The van der Waals surface area contributed by atoms with E-state index in [4.69, 9.17) is 5.73 Å². The fourth-order valence-corrected chi connectivity index (χ4v) is 1.26. The molecule has 0 aromatic carbocycles. The van der Waals surface area contributed by atoms with Gasteiger partial charge in [-0.05, 0) is 12.7 Å². The monoisotopic (exact) mass is 176 g/mol. The van der Waals surface area contributed by atoms with Crippen LogP contribution in [0.1, 0.15) is 13.8 Å². The van der Waals surface area contributed by atoms with E-state index in [1.807, 2.05) is 12.2 Å². The molecule has 0 aliphatic carbocycles. The lowest BCUT2D eigenvalue weighted by atomic mass is 10.4. The molecule has 0 radical (unpaired) electrons. The van der Waals surface area contributed by atoms with Crippen molar-refractivity contribution in [2.45, 2.75) is 19.1 Å². The Balaban J connectivity index is 3.73. The van der Waals surface area contributed by atoms with Crippen molar-refractivity contribution >= 4 is 23.7 Å². The highest BCUT2D eigenvalue weighted by molar-refractivity contribution is 8.00. The molecule has 5 heteroatoms. The summed E-state index contributed by atoms with van der Waals surface area (Å²) in [6, 6.07) is -0.793. The number of hydrogen-bond acceptors (Lipinski definition) is 3. The number of nitrogens with two attached hydrogens (primary N) is 1. The third-order valence-corrected chi connectivity index (χ3v) is 2.08. The lowest BCUT2D eigenvalue weighted by Gasteiger charge is -2.07. The van der Waals surface area contributed by atoms with Crippen molar-refractivity contribution < 1.29 is 9.59 Å². The van der Waals surface area contributed by atoms with Gasteiger partial charge in [0.25, 0.3) is 0 Å². The number of thioether (sulfide) groups is 1. The van der Waals surface area contributed by atoms with E-state index >= 15 is 0 Å². The fraction of sp³-hybridized carbons (Fsp3) is 0.667. The maximum absolute atomic E-state index is 10.9. The zero-order valence-electron chi connectivity index (χ0n) is 6.59. The number of nitrogens with one attached hydrogen (secondary N) is 1. The molecule has 0 bridgehead atoms. The van der Waals surface area contributed by atoms with Gasteiger partial charge >= 0.3 is 6.03 Å². The van der Waals surface area contributed by atoms with Gasteiger partial charge in [0.1, 0.15) is 0 Å². The number of primary amides is 1. The van der Waals surface area contributed by atoms with Crippen LogP contribution < -0.4 is 11.1 Å². The first kappa shape index (κ1) is 10.3. The summed E-state index contributed by atoms with van der Waals surface area (Å²) in [5, 5.41) is 1.79. The minimum Gasteiger partial charge on any atom is -0.351 e. The Morgan fingerprint density at radius 3 is 2.55 bits per heavy atom. The van der Waals surface area contributed by atoms with Gasteiger partial charge < -0.3 is 5.73 Å². The number of hydrogen-bond donors (Lipinski definition) is 2. The van der Waals surface area contributed by atoms with Crippen molar-refractivity contribution in [2.75, 3.05) is 5.75 Å². The van der Waals surface area contributed by atoms with E-state index in [0.29, 0.717) is 0 Å². The molecular formula is C6H12N2O2S. The molecule has 0 spiro atoms. The third kappa shape index (κ3) is 4.66. The van der Waals surface area contributed by atoms with Crippen LogP contribution in [0, 0.1) is 0 Å². The second kappa shape index (κ2) is 5.01. The predicted molar refractivity (Wildman–Crippen MR) is 45.3 cm³/mol. The molecule has 0 saturated carbocycles. The lowest BCUT2D eigenvalue weighted by molar-refractivity contribution is -0.119.